The van der Waals surface area contributed by atoms with Crippen LogP contribution in [0.3, 0.4) is 0 Å². The Morgan fingerprint density at radius 2 is 2.22 bits per heavy atom. The summed E-state index contributed by atoms with van der Waals surface area (Å²) in [7, 11) is 0. The normalized spacial score (nSPS) is 10.9. The Hall–Kier alpha value is -2.28. The topological polar surface area (TPSA) is 89.1 Å². The van der Waals surface area contributed by atoms with Gasteiger partial charge in [0, 0.05) is 12.5 Å². The van der Waals surface area contributed by atoms with Gasteiger partial charge in [-0.25, -0.2) is 9.78 Å². The van der Waals surface area contributed by atoms with E-state index in [0.717, 1.165) is 17.2 Å². The van der Waals surface area contributed by atoms with E-state index in [2.05, 4.69) is 13.7 Å². The molecule has 3 aromatic rings. The summed E-state index contributed by atoms with van der Waals surface area (Å²) in [6, 6.07) is 5.25. The molecule has 0 radical (unpaired) electrons. The lowest BCUT2D eigenvalue weighted by Crippen LogP contribution is -1.98. The van der Waals surface area contributed by atoms with E-state index in [1.807, 2.05) is 0 Å². The first-order valence-corrected chi connectivity index (χ1v) is 5.81. The van der Waals surface area contributed by atoms with Crippen LogP contribution in [0.4, 0.5) is 0 Å². The SMILES string of the molecule is Cc1nc2ccc(-c3nsnc3C(=O)O)cc2o1. The van der Waals surface area contributed by atoms with Crippen LogP contribution in [0.1, 0.15) is 16.4 Å². The molecule has 0 saturated heterocycles. The average Bonchev–Trinajstić information content (AvgIpc) is 2.91. The second kappa shape index (κ2) is 3.88. The van der Waals surface area contributed by atoms with Crippen molar-refractivity contribution in [2.24, 2.45) is 0 Å². The molecular weight excluding hydrogens is 254 g/mol. The molecule has 1 N–H and O–H groups in total. The quantitative estimate of drug-likeness (QED) is 0.761. The first-order chi connectivity index (χ1) is 8.65. The van der Waals surface area contributed by atoms with Crippen molar-refractivity contribution >= 4 is 28.8 Å². The van der Waals surface area contributed by atoms with Gasteiger partial charge < -0.3 is 9.52 Å². The number of aryl methyl sites for hydroxylation is 1. The number of hydrogen-bond acceptors (Lipinski definition) is 6. The lowest BCUT2D eigenvalue weighted by Gasteiger charge is -1.97. The second-order valence-corrected chi connectivity index (χ2v) is 4.21. The summed E-state index contributed by atoms with van der Waals surface area (Å²) in [5.74, 6) is -0.524. The van der Waals surface area contributed by atoms with Gasteiger partial charge in [-0.3, -0.25) is 0 Å². The Morgan fingerprint density at radius 1 is 1.39 bits per heavy atom. The van der Waals surface area contributed by atoms with Crippen molar-refractivity contribution in [3.8, 4) is 11.3 Å². The minimum Gasteiger partial charge on any atom is -0.476 e. The molecule has 6 nitrogen and oxygen atoms in total. The molecule has 0 bridgehead atoms. The summed E-state index contributed by atoms with van der Waals surface area (Å²) in [5.41, 5.74) is 2.30. The molecule has 0 aliphatic rings. The van der Waals surface area contributed by atoms with Crippen molar-refractivity contribution in [1.82, 2.24) is 13.7 Å². The highest BCUT2D eigenvalue weighted by Gasteiger charge is 2.17. The number of carboxylic acid groups (broad SMARTS) is 1. The van der Waals surface area contributed by atoms with Crippen molar-refractivity contribution < 1.29 is 14.3 Å². The number of aromatic nitrogens is 3. The summed E-state index contributed by atoms with van der Waals surface area (Å²) < 4.78 is 13.2. The third-order valence-corrected chi connectivity index (χ3v) is 2.99. The van der Waals surface area contributed by atoms with E-state index in [9.17, 15) is 4.79 Å². The molecule has 1 aromatic carbocycles. The fourth-order valence-electron chi connectivity index (χ4n) is 1.71. The summed E-state index contributed by atoms with van der Waals surface area (Å²) >= 11 is 0.873. The number of benzene rings is 1. The highest BCUT2D eigenvalue weighted by atomic mass is 32.1. The zero-order valence-corrected chi connectivity index (χ0v) is 10.1. The molecule has 7 heteroatoms. The molecule has 0 aliphatic heterocycles. The van der Waals surface area contributed by atoms with E-state index >= 15 is 0 Å². The molecule has 3 rings (SSSR count). The Kier molecular flexibility index (Phi) is 2.34. The van der Waals surface area contributed by atoms with Crippen LogP contribution in [-0.2, 0) is 0 Å². The van der Waals surface area contributed by atoms with Crippen LogP contribution in [0.5, 0.6) is 0 Å². The molecule has 0 atom stereocenters. The molecule has 0 unspecified atom stereocenters. The van der Waals surface area contributed by atoms with E-state index in [0.29, 0.717) is 22.7 Å². The number of carboxylic acids is 1. The highest BCUT2D eigenvalue weighted by Crippen LogP contribution is 2.26. The Bertz CT molecular complexity index is 747. The zero-order chi connectivity index (χ0) is 12.7. The lowest BCUT2D eigenvalue weighted by atomic mass is 10.1. The van der Waals surface area contributed by atoms with Crippen molar-refractivity contribution in [2.75, 3.05) is 0 Å². The number of carbonyl (C=O) groups is 1. The summed E-state index contributed by atoms with van der Waals surface area (Å²) in [5, 5.41) is 9.00. The molecule has 0 spiro atoms. The van der Waals surface area contributed by atoms with Crippen LogP contribution in [0.15, 0.2) is 22.6 Å². The fourth-order valence-corrected chi connectivity index (χ4v) is 2.27. The van der Waals surface area contributed by atoms with Crippen LogP contribution >= 0.6 is 11.7 Å². The van der Waals surface area contributed by atoms with Gasteiger partial charge in [0.05, 0.1) is 11.7 Å². The van der Waals surface area contributed by atoms with E-state index in [1.54, 1.807) is 25.1 Å². The first-order valence-electron chi connectivity index (χ1n) is 5.08. The molecule has 0 fully saturated rings. The number of nitrogens with zero attached hydrogens (tertiary/aromatic N) is 3. The zero-order valence-electron chi connectivity index (χ0n) is 9.25. The molecule has 0 saturated carbocycles. The smallest absolute Gasteiger partial charge is 0.357 e. The largest absolute Gasteiger partial charge is 0.476 e. The first kappa shape index (κ1) is 10.8. The summed E-state index contributed by atoms with van der Waals surface area (Å²) in [6.45, 7) is 1.76. The molecular formula is C11H7N3O3S. The van der Waals surface area contributed by atoms with Crippen molar-refractivity contribution in [1.29, 1.82) is 0 Å². The molecule has 0 aliphatic carbocycles. The maximum atomic E-state index is 11.0. The third-order valence-electron chi connectivity index (χ3n) is 2.46. The predicted molar refractivity (Wildman–Crippen MR) is 64.6 cm³/mol. The Labute approximate surface area is 105 Å². The van der Waals surface area contributed by atoms with Crippen molar-refractivity contribution in [2.45, 2.75) is 6.92 Å². The predicted octanol–water partition coefficient (Wildman–Crippen LogP) is 2.35. The van der Waals surface area contributed by atoms with Crippen LogP contribution < -0.4 is 0 Å². The summed E-state index contributed by atoms with van der Waals surface area (Å²) in [6.07, 6.45) is 0. The lowest BCUT2D eigenvalue weighted by molar-refractivity contribution is 0.0692. The van der Waals surface area contributed by atoms with E-state index in [1.165, 1.54) is 0 Å². The van der Waals surface area contributed by atoms with Gasteiger partial charge in [-0.1, -0.05) is 6.07 Å². The van der Waals surface area contributed by atoms with Gasteiger partial charge in [-0.15, -0.1) is 0 Å². The van der Waals surface area contributed by atoms with Gasteiger partial charge in [0.1, 0.15) is 11.2 Å². The number of hydrogen-bond donors (Lipinski definition) is 1. The highest BCUT2D eigenvalue weighted by molar-refractivity contribution is 6.99. The molecule has 90 valence electrons. The van der Waals surface area contributed by atoms with Gasteiger partial charge in [0.25, 0.3) is 0 Å². The van der Waals surface area contributed by atoms with Gasteiger partial charge in [-0.05, 0) is 12.1 Å². The number of oxazole rings is 1. The van der Waals surface area contributed by atoms with E-state index in [-0.39, 0.29) is 5.69 Å². The second-order valence-electron chi connectivity index (χ2n) is 3.68. The average molecular weight is 261 g/mol. The van der Waals surface area contributed by atoms with Gasteiger partial charge in [0.15, 0.2) is 17.2 Å². The maximum Gasteiger partial charge on any atom is 0.357 e. The van der Waals surface area contributed by atoms with Gasteiger partial charge >= 0.3 is 5.97 Å². The van der Waals surface area contributed by atoms with Crippen LogP contribution in [0, 0.1) is 6.92 Å². The standard InChI is InChI=1S/C11H7N3O3S/c1-5-12-7-3-2-6(4-8(7)17-5)9-10(11(15)16)14-18-13-9/h2-4H,1H3,(H,15,16). The molecule has 2 heterocycles. The van der Waals surface area contributed by atoms with Gasteiger partial charge in [0.2, 0.25) is 0 Å². The number of fused-ring (bicyclic) bond motifs is 1. The maximum absolute atomic E-state index is 11.0. The van der Waals surface area contributed by atoms with Crippen molar-refractivity contribution in [3.63, 3.8) is 0 Å². The third kappa shape index (κ3) is 1.65. The minimum absolute atomic E-state index is 0.0458. The van der Waals surface area contributed by atoms with E-state index < -0.39 is 5.97 Å². The van der Waals surface area contributed by atoms with Gasteiger partial charge in [-0.2, -0.15) is 8.75 Å². The van der Waals surface area contributed by atoms with Crippen molar-refractivity contribution in [3.05, 3.63) is 29.8 Å². The Balaban J connectivity index is 2.18. The van der Waals surface area contributed by atoms with Crippen LogP contribution in [0.25, 0.3) is 22.4 Å². The molecule has 2 aromatic heterocycles. The number of rotatable bonds is 2. The Morgan fingerprint density at radius 3 is 3.00 bits per heavy atom. The fraction of sp³-hybridized carbons (Fsp3) is 0.0909. The molecule has 18 heavy (non-hydrogen) atoms. The van der Waals surface area contributed by atoms with Crippen LogP contribution in [-0.4, -0.2) is 24.8 Å². The van der Waals surface area contributed by atoms with E-state index in [4.69, 9.17) is 9.52 Å². The monoisotopic (exact) mass is 261 g/mol. The summed E-state index contributed by atoms with van der Waals surface area (Å²) in [4.78, 5) is 15.2. The minimum atomic E-state index is -1.09. The number of aromatic carboxylic acids is 1. The van der Waals surface area contributed by atoms with Crippen LogP contribution in [0.2, 0.25) is 0 Å². The molecule has 0 amide bonds.